The lowest BCUT2D eigenvalue weighted by Gasteiger charge is -2.26. The summed E-state index contributed by atoms with van der Waals surface area (Å²) in [6.45, 7) is 8.61. The number of thiazole rings is 1. The Morgan fingerprint density at radius 2 is 1.79 bits per heavy atom. The van der Waals surface area contributed by atoms with Gasteiger partial charge in [0.2, 0.25) is 11.8 Å². The molecule has 1 aliphatic carbocycles. The summed E-state index contributed by atoms with van der Waals surface area (Å²) in [5, 5.41) is 12.8. The molecule has 16 heteroatoms. The van der Waals surface area contributed by atoms with Gasteiger partial charge in [-0.2, -0.15) is 0 Å². The van der Waals surface area contributed by atoms with Gasteiger partial charge in [0.05, 0.1) is 30.6 Å². The first-order valence-electron chi connectivity index (χ1n) is 19.9. The molecule has 1 saturated heterocycles. The molecular weight excluding hydrogens is 779 g/mol. The van der Waals surface area contributed by atoms with Gasteiger partial charge < -0.3 is 30.3 Å². The lowest BCUT2D eigenvalue weighted by atomic mass is 10.1. The van der Waals surface area contributed by atoms with E-state index in [4.69, 9.17) is 19.4 Å². The van der Waals surface area contributed by atoms with Crippen LogP contribution in [0.25, 0.3) is 22.3 Å². The minimum Gasteiger partial charge on any atom is -0.497 e. The number of hydrogen-bond acceptors (Lipinski definition) is 12. The van der Waals surface area contributed by atoms with Gasteiger partial charge in [-0.25, -0.2) is 23.1 Å². The number of anilines is 2. The molecule has 14 nitrogen and oxygen atoms in total. The fourth-order valence-electron chi connectivity index (χ4n) is 7.75. The molecule has 2 aliphatic heterocycles. The molecule has 2 aromatic heterocycles. The van der Waals surface area contributed by atoms with Crippen molar-refractivity contribution in [1.82, 2.24) is 24.9 Å². The van der Waals surface area contributed by atoms with Crippen LogP contribution in [0, 0.1) is 5.92 Å². The Balaban J connectivity index is 1.18. The number of nitrogens with zero attached hydrogens (tertiary/aromatic N) is 3. The van der Waals surface area contributed by atoms with Crippen LogP contribution in [0.2, 0.25) is 0 Å². The normalized spacial score (nSPS) is 24.2. The Morgan fingerprint density at radius 1 is 1.02 bits per heavy atom. The summed E-state index contributed by atoms with van der Waals surface area (Å²) in [5.74, 6) is -0.999. The van der Waals surface area contributed by atoms with Crippen molar-refractivity contribution in [3.8, 4) is 22.9 Å². The number of aromatic nitrogens is 2. The van der Waals surface area contributed by atoms with Crippen molar-refractivity contribution in [1.29, 1.82) is 0 Å². The minimum absolute atomic E-state index is 0.0599. The standard InChI is InChI=1S/C42H51N7O7S2/c1-5-27-23-42(27)40(52)48-58(53,54)37-15-12-11-14-31(37)43-19-13-9-7-6-8-10-16-38(50)49-24-29(21-35(49)39(51)47-42)56-36-22-33(34-25-57-41(46-34)44-26(2)3)45-32-20-28(55-4)17-18-30(32)36/h5,11-12,14-15,17-18,20,22,25-27,29,35,43H,1,6-10,13,16,19,21,23-24H2,2-4H3,(H,44,46)(H,47,51)(H,48,52)/t27-,29-,35+,42-/m1/s1. The van der Waals surface area contributed by atoms with Crippen LogP contribution in [0.15, 0.2) is 71.5 Å². The Labute approximate surface area is 343 Å². The van der Waals surface area contributed by atoms with Crippen molar-refractivity contribution in [2.45, 2.75) is 100 Å². The summed E-state index contributed by atoms with van der Waals surface area (Å²) in [6, 6.07) is 13.0. The Hall–Kier alpha value is -5.22. The maximum atomic E-state index is 14.4. The van der Waals surface area contributed by atoms with Gasteiger partial charge in [-0.3, -0.25) is 14.4 Å². The topological polar surface area (TPSA) is 181 Å². The molecule has 3 aliphatic rings. The number of nitrogens with one attached hydrogen (secondary N) is 4. The van der Waals surface area contributed by atoms with Crippen molar-refractivity contribution in [2.24, 2.45) is 5.92 Å². The molecule has 4 aromatic rings. The summed E-state index contributed by atoms with van der Waals surface area (Å²) in [7, 11) is -2.75. The van der Waals surface area contributed by atoms with Crippen LogP contribution in [0.4, 0.5) is 10.8 Å². The summed E-state index contributed by atoms with van der Waals surface area (Å²) >= 11 is 1.47. The average Bonchev–Trinajstić information content (AvgIpc) is 3.47. The monoisotopic (exact) mass is 829 g/mol. The summed E-state index contributed by atoms with van der Waals surface area (Å²) < 4.78 is 41.9. The molecule has 0 radical (unpaired) electrons. The van der Waals surface area contributed by atoms with Gasteiger partial charge in [-0.15, -0.1) is 17.9 Å². The van der Waals surface area contributed by atoms with Crippen LogP contribution in [-0.4, -0.2) is 84.9 Å². The first-order valence-corrected chi connectivity index (χ1v) is 22.3. The van der Waals surface area contributed by atoms with Crippen molar-refractivity contribution in [2.75, 3.05) is 30.8 Å². The molecule has 0 bridgehead atoms. The third kappa shape index (κ3) is 8.92. The fourth-order valence-corrected chi connectivity index (χ4v) is 9.83. The second-order valence-electron chi connectivity index (χ2n) is 15.5. The highest BCUT2D eigenvalue weighted by Gasteiger charge is 2.61. The Morgan fingerprint density at radius 3 is 2.55 bits per heavy atom. The summed E-state index contributed by atoms with van der Waals surface area (Å²) in [5.41, 5.74) is 0.709. The maximum Gasteiger partial charge on any atom is 0.266 e. The van der Waals surface area contributed by atoms with Gasteiger partial charge in [0.1, 0.15) is 39.8 Å². The van der Waals surface area contributed by atoms with E-state index in [1.807, 2.05) is 43.5 Å². The van der Waals surface area contributed by atoms with Gasteiger partial charge >= 0.3 is 0 Å². The van der Waals surface area contributed by atoms with Crippen LogP contribution in [0.5, 0.6) is 11.5 Å². The Bertz CT molecular complexity index is 2300. The zero-order chi connectivity index (χ0) is 41.0. The highest BCUT2D eigenvalue weighted by atomic mass is 32.2. The van der Waals surface area contributed by atoms with E-state index < -0.39 is 45.4 Å². The van der Waals surface area contributed by atoms with Crippen LogP contribution in [0.3, 0.4) is 0 Å². The molecule has 4 atom stereocenters. The fraction of sp³-hybridized carbons (Fsp3) is 0.452. The molecule has 308 valence electrons. The van der Waals surface area contributed by atoms with Crippen molar-refractivity contribution in [3.05, 3.63) is 66.6 Å². The van der Waals surface area contributed by atoms with E-state index in [1.54, 1.807) is 30.2 Å². The van der Waals surface area contributed by atoms with Gasteiger partial charge in [-0.1, -0.05) is 43.9 Å². The first-order chi connectivity index (χ1) is 27.9. The Kier molecular flexibility index (Phi) is 12.2. The number of fused-ring (bicyclic) bond motifs is 3. The number of para-hydroxylation sites is 1. The number of amides is 3. The molecule has 2 fully saturated rings. The molecule has 1 spiro atoms. The third-order valence-corrected chi connectivity index (χ3v) is 13.1. The predicted molar refractivity (Wildman–Crippen MR) is 224 cm³/mol. The number of carbonyl (C=O) groups excluding carboxylic acids is 3. The van der Waals surface area contributed by atoms with E-state index in [2.05, 4.69) is 27.3 Å². The highest BCUT2D eigenvalue weighted by molar-refractivity contribution is 7.90. The van der Waals surface area contributed by atoms with Crippen molar-refractivity contribution < 1.29 is 32.3 Å². The highest BCUT2D eigenvalue weighted by Crippen LogP contribution is 2.45. The summed E-state index contributed by atoms with van der Waals surface area (Å²) in [4.78, 5) is 53.4. The largest absolute Gasteiger partial charge is 0.497 e. The molecule has 58 heavy (non-hydrogen) atoms. The molecule has 4 heterocycles. The molecular formula is C42H51N7O7S2. The van der Waals surface area contributed by atoms with Crippen LogP contribution in [-0.2, 0) is 24.4 Å². The van der Waals surface area contributed by atoms with Gasteiger partial charge in [0.25, 0.3) is 15.9 Å². The average molecular weight is 830 g/mol. The quantitative estimate of drug-likeness (QED) is 0.155. The minimum atomic E-state index is -4.33. The lowest BCUT2D eigenvalue weighted by Crippen LogP contribution is -2.56. The van der Waals surface area contributed by atoms with E-state index in [-0.39, 0.29) is 42.7 Å². The number of pyridine rings is 1. The second-order valence-corrected chi connectivity index (χ2v) is 18.0. The second kappa shape index (κ2) is 17.3. The van der Waals surface area contributed by atoms with E-state index in [1.165, 1.54) is 23.5 Å². The van der Waals surface area contributed by atoms with Crippen molar-refractivity contribution in [3.63, 3.8) is 0 Å². The van der Waals surface area contributed by atoms with Gasteiger partial charge in [0, 0.05) is 54.2 Å². The number of ether oxygens (including phenoxy) is 2. The molecule has 3 amide bonds. The molecule has 2 aromatic carbocycles. The van der Waals surface area contributed by atoms with Crippen LogP contribution >= 0.6 is 11.3 Å². The SMILES string of the molecule is C=C[C@@H]1C[C@@]12NC(=O)[C@@H]1C[C@@H](Oc3cc(-c4csc(NC(C)C)n4)nc4cc(OC)ccc34)CN1C(=O)CCCCCCCCNc1ccccc1S(=O)(=O)NC2=O. The van der Waals surface area contributed by atoms with Crippen molar-refractivity contribution >= 4 is 60.8 Å². The van der Waals surface area contributed by atoms with Crippen LogP contribution in [0.1, 0.15) is 71.6 Å². The van der Waals surface area contributed by atoms with E-state index >= 15 is 0 Å². The molecule has 7 rings (SSSR count). The van der Waals surface area contributed by atoms with Crippen LogP contribution < -0.4 is 30.1 Å². The number of methoxy groups -OCH3 is 1. The zero-order valence-electron chi connectivity index (χ0n) is 33.1. The van der Waals surface area contributed by atoms with E-state index in [0.717, 1.165) is 42.6 Å². The smallest absolute Gasteiger partial charge is 0.266 e. The first kappa shape index (κ1) is 41.0. The lowest BCUT2D eigenvalue weighted by molar-refractivity contribution is -0.139. The molecule has 4 N–H and O–H groups in total. The number of benzene rings is 2. The summed E-state index contributed by atoms with van der Waals surface area (Å²) in [6.07, 6.45) is 6.69. The third-order valence-electron chi connectivity index (χ3n) is 10.9. The zero-order valence-corrected chi connectivity index (χ0v) is 34.7. The number of sulfonamides is 1. The van der Waals surface area contributed by atoms with Gasteiger partial charge in [0.15, 0.2) is 5.13 Å². The molecule has 1 saturated carbocycles. The number of carbonyl (C=O) groups is 3. The van der Waals surface area contributed by atoms with E-state index in [9.17, 15) is 22.8 Å². The number of rotatable bonds is 7. The maximum absolute atomic E-state index is 14.4. The number of hydrogen-bond donors (Lipinski definition) is 4. The predicted octanol–water partition coefficient (Wildman–Crippen LogP) is 6.26. The van der Waals surface area contributed by atoms with E-state index in [0.29, 0.717) is 47.1 Å². The molecule has 0 unspecified atom stereocenters. The van der Waals surface area contributed by atoms with Gasteiger partial charge in [-0.05, 0) is 57.4 Å².